The van der Waals surface area contributed by atoms with Gasteiger partial charge in [-0.2, -0.15) is 13.2 Å². The summed E-state index contributed by atoms with van der Waals surface area (Å²) in [5.41, 5.74) is -1.24. The molecule has 0 radical (unpaired) electrons. The van der Waals surface area contributed by atoms with Crippen molar-refractivity contribution in [1.29, 1.82) is 0 Å². The van der Waals surface area contributed by atoms with Gasteiger partial charge in [-0.15, -0.1) is 0 Å². The van der Waals surface area contributed by atoms with Gasteiger partial charge in [-0.05, 0) is 18.1 Å². The van der Waals surface area contributed by atoms with Gasteiger partial charge >= 0.3 is 6.18 Å². The highest BCUT2D eigenvalue weighted by Crippen LogP contribution is 2.34. The number of hydrogen-bond acceptors (Lipinski definition) is 4. The summed E-state index contributed by atoms with van der Waals surface area (Å²) in [6.45, 7) is 4.14. The molecule has 2 aliphatic rings. The molecule has 2 aliphatic heterocycles. The Bertz CT molecular complexity index is 632. The lowest BCUT2D eigenvalue weighted by Gasteiger charge is -2.30. The van der Waals surface area contributed by atoms with Crippen LogP contribution in [0.1, 0.15) is 15.9 Å². The van der Waals surface area contributed by atoms with E-state index in [2.05, 4.69) is 4.90 Å². The summed E-state index contributed by atoms with van der Waals surface area (Å²) < 4.78 is 44.9. The fourth-order valence-corrected chi connectivity index (χ4v) is 3.72. The molecule has 0 bridgehead atoms. The molecule has 1 N–H and O–H groups in total. The van der Waals surface area contributed by atoms with Crippen LogP contribution < -0.4 is 0 Å². The van der Waals surface area contributed by atoms with Crippen molar-refractivity contribution in [3.63, 3.8) is 0 Å². The van der Waals surface area contributed by atoms with E-state index in [0.29, 0.717) is 26.3 Å². The summed E-state index contributed by atoms with van der Waals surface area (Å²) in [6, 6.07) is 4.86. The van der Waals surface area contributed by atoms with Gasteiger partial charge in [-0.3, -0.25) is 9.69 Å². The number of aliphatic hydroxyl groups excluding tert-OH is 1. The third-order valence-electron chi connectivity index (χ3n) is 5.16. The third kappa shape index (κ3) is 4.19. The number of rotatable bonds is 4. The number of carbonyl (C=O) groups is 1. The average molecular weight is 372 g/mol. The van der Waals surface area contributed by atoms with E-state index in [9.17, 15) is 23.1 Å². The summed E-state index contributed by atoms with van der Waals surface area (Å²) in [5.74, 6) is -0.708. The number of aliphatic hydroxyl groups is 1. The van der Waals surface area contributed by atoms with Crippen molar-refractivity contribution < 1.29 is 27.8 Å². The number of alkyl halides is 3. The second-order valence-corrected chi connectivity index (χ2v) is 6.87. The monoisotopic (exact) mass is 372 g/mol. The van der Waals surface area contributed by atoms with E-state index in [0.717, 1.165) is 19.2 Å². The van der Waals surface area contributed by atoms with Crippen LogP contribution in [0.2, 0.25) is 0 Å². The predicted octanol–water partition coefficient (Wildman–Crippen LogP) is 1.72. The summed E-state index contributed by atoms with van der Waals surface area (Å²) in [5, 5.41) is 9.66. The molecule has 0 spiro atoms. The first-order valence-corrected chi connectivity index (χ1v) is 8.76. The Kier molecular flexibility index (Phi) is 5.84. The van der Waals surface area contributed by atoms with Gasteiger partial charge in [0.25, 0.3) is 5.91 Å². The van der Waals surface area contributed by atoms with Crippen molar-refractivity contribution in [2.75, 3.05) is 52.5 Å². The van der Waals surface area contributed by atoms with Gasteiger partial charge in [0.2, 0.25) is 0 Å². The van der Waals surface area contributed by atoms with E-state index in [1.165, 1.54) is 23.1 Å². The number of halogens is 3. The van der Waals surface area contributed by atoms with Crippen LogP contribution in [0.25, 0.3) is 0 Å². The number of nitrogens with zero attached hydrogens (tertiary/aromatic N) is 2. The minimum absolute atomic E-state index is 0.0418. The van der Waals surface area contributed by atoms with Crippen molar-refractivity contribution in [2.45, 2.75) is 6.18 Å². The minimum Gasteiger partial charge on any atom is -0.396 e. The molecule has 0 unspecified atom stereocenters. The van der Waals surface area contributed by atoms with Crippen molar-refractivity contribution in [2.24, 2.45) is 11.8 Å². The normalized spacial score (nSPS) is 24.8. The lowest BCUT2D eigenvalue weighted by Crippen LogP contribution is -2.41. The molecule has 2 fully saturated rings. The second-order valence-electron chi connectivity index (χ2n) is 6.87. The Labute approximate surface area is 150 Å². The standard InChI is InChI=1S/C18H23F3N2O3/c19-18(20,21)16-4-2-1-3-15(16)17(25)23-10-13(14(11-23)12-24)9-22-5-7-26-8-6-22/h1-4,13-14,24H,5-12H2/t13-,14-/m0/s1. The molecule has 1 amide bonds. The Morgan fingerprint density at radius 3 is 2.46 bits per heavy atom. The first kappa shape index (κ1) is 19.1. The number of likely N-dealkylation sites (tertiary alicyclic amines) is 1. The molecule has 1 aromatic carbocycles. The fraction of sp³-hybridized carbons (Fsp3) is 0.611. The number of morpholine rings is 1. The lowest BCUT2D eigenvalue weighted by atomic mass is 9.96. The first-order chi connectivity index (χ1) is 12.4. The quantitative estimate of drug-likeness (QED) is 0.875. The molecule has 1 aromatic rings. The first-order valence-electron chi connectivity index (χ1n) is 8.76. The highest BCUT2D eigenvalue weighted by atomic mass is 19.4. The molecule has 26 heavy (non-hydrogen) atoms. The lowest BCUT2D eigenvalue weighted by molar-refractivity contribution is -0.138. The maximum Gasteiger partial charge on any atom is 0.417 e. The van der Waals surface area contributed by atoms with Crippen LogP contribution in [-0.2, 0) is 10.9 Å². The van der Waals surface area contributed by atoms with Crippen molar-refractivity contribution in [3.05, 3.63) is 35.4 Å². The summed E-state index contributed by atoms with van der Waals surface area (Å²) >= 11 is 0. The SMILES string of the molecule is O=C(c1ccccc1C(F)(F)F)N1C[C@@H](CO)[C@@H](CN2CCOCC2)C1. The fourth-order valence-electron chi connectivity index (χ4n) is 3.72. The van der Waals surface area contributed by atoms with Crippen LogP contribution in [-0.4, -0.2) is 73.4 Å². The highest BCUT2D eigenvalue weighted by molar-refractivity contribution is 5.96. The summed E-state index contributed by atoms with van der Waals surface area (Å²) in [7, 11) is 0. The van der Waals surface area contributed by atoms with E-state index in [1.807, 2.05) is 0 Å². The minimum atomic E-state index is -4.57. The van der Waals surface area contributed by atoms with Gasteiger partial charge in [0.15, 0.2) is 0 Å². The molecule has 0 aliphatic carbocycles. The van der Waals surface area contributed by atoms with Gasteiger partial charge in [-0.25, -0.2) is 0 Å². The van der Waals surface area contributed by atoms with Crippen LogP contribution in [0.15, 0.2) is 24.3 Å². The van der Waals surface area contributed by atoms with Crippen molar-refractivity contribution in [1.82, 2.24) is 9.80 Å². The maximum absolute atomic E-state index is 13.2. The van der Waals surface area contributed by atoms with E-state index in [-0.39, 0.29) is 30.6 Å². The van der Waals surface area contributed by atoms with E-state index < -0.39 is 17.6 Å². The van der Waals surface area contributed by atoms with E-state index in [1.54, 1.807) is 0 Å². The Balaban J connectivity index is 1.73. The largest absolute Gasteiger partial charge is 0.417 e. The molecular formula is C18H23F3N2O3. The Hall–Kier alpha value is -1.64. The molecule has 144 valence electrons. The van der Waals surface area contributed by atoms with Crippen LogP contribution in [0.5, 0.6) is 0 Å². The second kappa shape index (κ2) is 7.94. The number of benzene rings is 1. The van der Waals surface area contributed by atoms with Crippen LogP contribution >= 0.6 is 0 Å². The van der Waals surface area contributed by atoms with Gasteiger partial charge in [-0.1, -0.05) is 12.1 Å². The summed E-state index contributed by atoms with van der Waals surface area (Å²) in [6.07, 6.45) is -4.57. The number of amides is 1. The molecule has 8 heteroatoms. The molecule has 0 saturated carbocycles. The number of ether oxygens (including phenoxy) is 1. The van der Waals surface area contributed by atoms with E-state index >= 15 is 0 Å². The van der Waals surface area contributed by atoms with Gasteiger partial charge in [0.1, 0.15) is 0 Å². The zero-order valence-electron chi connectivity index (χ0n) is 14.4. The molecular weight excluding hydrogens is 349 g/mol. The summed E-state index contributed by atoms with van der Waals surface area (Å²) in [4.78, 5) is 16.4. The highest BCUT2D eigenvalue weighted by Gasteiger charge is 2.40. The molecule has 2 atom stereocenters. The van der Waals surface area contributed by atoms with Crippen LogP contribution in [0.4, 0.5) is 13.2 Å². The van der Waals surface area contributed by atoms with Crippen molar-refractivity contribution >= 4 is 5.91 Å². The zero-order valence-corrected chi connectivity index (χ0v) is 14.4. The molecule has 3 rings (SSSR count). The maximum atomic E-state index is 13.2. The van der Waals surface area contributed by atoms with Crippen LogP contribution in [0, 0.1) is 11.8 Å². The zero-order chi connectivity index (χ0) is 18.7. The van der Waals surface area contributed by atoms with Gasteiger partial charge in [0, 0.05) is 45.2 Å². The van der Waals surface area contributed by atoms with Gasteiger partial charge in [0.05, 0.1) is 24.3 Å². The van der Waals surface area contributed by atoms with Crippen LogP contribution in [0.3, 0.4) is 0 Å². The Morgan fingerprint density at radius 2 is 1.81 bits per heavy atom. The molecule has 5 nitrogen and oxygen atoms in total. The topological polar surface area (TPSA) is 53.0 Å². The third-order valence-corrected chi connectivity index (χ3v) is 5.16. The molecule has 2 saturated heterocycles. The predicted molar refractivity (Wildman–Crippen MR) is 88.7 cm³/mol. The Morgan fingerprint density at radius 1 is 1.15 bits per heavy atom. The van der Waals surface area contributed by atoms with E-state index in [4.69, 9.17) is 4.74 Å². The average Bonchev–Trinajstić information content (AvgIpc) is 3.04. The smallest absolute Gasteiger partial charge is 0.396 e. The molecule has 2 heterocycles. The number of hydrogen-bond donors (Lipinski definition) is 1. The van der Waals surface area contributed by atoms with Crippen molar-refractivity contribution in [3.8, 4) is 0 Å². The molecule has 0 aromatic heterocycles. The van der Waals surface area contributed by atoms with Gasteiger partial charge < -0.3 is 14.7 Å². The number of carbonyl (C=O) groups excluding carboxylic acids is 1.